The molecule has 0 fully saturated rings. The second-order valence-electron chi connectivity index (χ2n) is 5.71. The summed E-state index contributed by atoms with van der Waals surface area (Å²) in [4.78, 5) is 12.4. The van der Waals surface area contributed by atoms with Gasteiger partial charge in [0.1, 0.15) is 0 Å². The Morgan fingerprint density at radius 1 is 1.00 bits per heavy atom. The molecular formula is C19H17ClN2O3S. The quantitative estimate of drug-likeness (QED) is 0.704. The summed E-state index contributed by atoms with van der Waals surface area (Å²) in [6, 6.07) is 17.9. The van der Waals surface area contributed by atoms with Crippen LogP contribution in [0.25, 0.3) is 10.8 Å². The van der Waals surface area contributed by atoms with E-state index in [9.17, 15) is 13.2 Å². The Balaban J connectivity index is 1.80. The van der Waals surface area contributed by atoms with E-state index in [4.69, 9.17) is 11.6 Å². The number of sulfonamides is 1. The van der Waals surface area contributed by atoms with E-state index in [0.29, 0.717) is 6.54 Å². The van der Waals surface area contributed by atoms with Crippen molar-refractivity contribution in [3.05, 3.63) is 76.8 Å². The fourth-order valence-corrected chi connectivity index (χ4v) is 3.55. The van der Waals surface area contributed by atoms with Gasteiger partial charge < -0.3 is 5.32 Å². The molecule has 0 aliphatic heterocycles. The van der Waals surface area contributed by atoms with Crippen LogP contribution in [-0.4, -0.2) is 21.4 Å². The summed E-state index contributed by atoms with van der Waals surface area (Å²) in [5, 5.41) is 5.17. The molecule has 0 radical (unpaired) electrons. The number of halogens is 1. The molecular weight excluding hydrogens is 372 g/mol. The number of fused-ring (bicyclic) bond motifs is 1. The van der Waals surface area contributed by atoms with Gasteiger partial charge in [0.15, 0.2) is 0 Å². The van der Waals surface area contributed by atoms with Gasteiger partial charge in [-0.2, -0.15) is 0 Å². The van der Waals surface area contributed by atoms with Crippen molar-refractivity contribution in [1.29, 1.82) is 0 Å². The Labute approximate surface area is 157 Å². The van der Waals surface area contributed by atoms with Crippen LogP contribution in [0.1, 0.15) is 15.9 Å². The fraction of sp³-hybridized carbons (Fsp3) is 0.105. The number of nitrogens with one attached hydrogen (secondary N) is 2. The molecule has 0 spiro atoms. The van der Waals surface area contributed by atoms with Gasteiger partial charge in [-0.3, -0.25) is 4.79 Å². The van der Waals surface area contributed by atoms with Crippen molar-refractivity contribution >= 4 is 38.3 Å². The molecule has 0 atom stereocenters. The number of benzene rings is 3. The molecule has 0 aliphatic carbocycles. The lowest BCUT2D eigenvalue weighted by molar-refractivity contribution is 0.0951. The summed E-state index contributed by atoms with van der Waals surface area (Å²) in [5.41, 5.74) is 1.05. The number of amides is 1. The zero-order valence-corrected chi connectivity index (χ0v) is 15.6. The molecule has 26 heavy (non-hydrogen) atoms. The first-order valence-electron chi connectivity index (χ1n) is 7.90. The average Bonchev–Trinajstić information content (AvgIpc) is 2.66. The van der Waals surface area contributed by atoms with Gasteiger partial charge in [0.25, 0.3) is 5.91 Å². The van der Waals surface area contributed by atoms with E-state index < -0.39 is 15.9 Å². The van der Waals surface area contributed by atoms with Crippen LogP contribution in [0, 0.1) is 0 Å². The summed E-state index contributed by atoms with van der Waals surface area (Å²) in [7, 11) is -2.34. The highest BCUT2D eigenvalue weighted by Crippen LogP contribution is 2.21. The van der Waals surface area contributed by atoms with E-state index in [1.807, 2.05) is 42.5 Å². The predicted octanol–water partition coefficient (Wildman–Crippen LogP) is 3.33. The highest BCUT2D eigenvalue weighted by Gasteiger charge is 2.17. The molecule has 134 valence electrons. The van der Waals surface area contributed by atoms with E-state index in [1.165, 1.54) is 25.2 Å². The van der Waals surface area contributed by atoms with Crippen molar-refractivity contribution in [3.63, 3.8) is 0 Å². The second kappa shape index (κ2) is 7.45. The van der Waals surface area contributed by atoms with E-state index in [1.54, 1.807) is 0 Å². The molecule has 5 nitrogen and oxygen atoms in total. The number of hydrogen-bond acceptors (Lipinski definition) is 3. The van der Waals surface area contributed by atoms with Crippen LogP contribution in [0.5, 0.6) is 0 Å². The second-order valence-corrected chi connectivity index (χ2v) is 8.01. The maximum Gasteiger partial charge on any atom is 0.253 e. The van der Waals surface area contributed by atoms with Gasteiger partial charge in [-0.25, -0.2) is 13.1 Å². The molecule has 0 bridgehead atoms. The zero-order chi connectivity index (χ0) is 18.7. The van der Waals surface area contributed by atoms with Crippen molar-refractivity contribution in [2.45, 2.75) is 11.4 Å². The average molecular weight is 389 g/mol. The third-order valence-corrected chi connectivity index (χ3v) is 5.77. The van der Waals surface area contributed by atoms with Gasteiger partial charge in [-0.15, -0.1) is 0 Å². The molecule has 3 aromatic rings. The molecule has 0 saturated carbocycles. The molecule has 0 saturated heterocycles. The first-order chi connectivity index (χ1) is 12.4. The molecule has 1 amide bonds. The topological polar surface area (TPSA) is 75.3 Å². The highest BCUT2D eigenvalue weighted by atomic mass is 35.5. The van der Waals surface area contributed by atoms with Gasteiger partial charge in [-0.05, 0) is 47.6 Å². The monoisotopic (exact) mass is 388 g/mol. The molecule has 0 heterocycles. The SMILES string of the molecule is CNS(=O)(=O)c1ccc(Cl)c(C(=O)NCc2ccc3ccccc3c2)c1. The van der Waals surface area contributed by atoms with E-state index in [-0.39, 0.29) is 15.5 Å². The van der Waals surface area contributed by atoms with Crippen molar-refractivity contribution in [2.24, 2.45) is 0 Å². The van der Waals surface area contributed by atoms with E-state index in [0.717, 1.165) is 16.3 Å². The minimum atomic E-state index is -3.65. The molecule has 7 heteroatoms. The van der Waals surface area contributed by atoms with Crippen LogP contribution in [0.2, 0.25) is 5.02 Å². The third kappa shape index (κ3) is 3.88. The molecule has 0 aromatic heterocycles. The lowest BCUT2D eigenvalue weighted by Gasteiger charge is -2.10. The van der Waals surface area contributed by atoms with Gasteiger partial charge in [0.2, 0.25) is 10.0 Å². The lowest BCUT2D eigenvalue weighted by Crippen LogP contribution is -2.24. The zero-order valence-electron chi connectivity index (χ0n) is 14.0. The highest BCUT2D eigenvalue weighted by molar-refractivity contribution is 7.89. The van der Waals surface area contributed by atoms with Gasteiger partial charge >= 0.3 is 0 Å². The minimum absolute atomic E-state index is 0.0137. The standard InChI is InChI=1S/C19H17ClN2O3S/c1-21-26(24,25)16-8-9-18(20)17(11-16)19(23)22-12-13-6-7-14-4-2-3-5-15(14)10-13/h2-11,21H,12H2,1H3,(H,22,23). The van der Waals surface area contributed by atoms with E-state index >= 15 is 0 Å². The van der Waals surface area contributed by atoms with Gasteiger partial charge in [0, 0.05) is 6.54 Å². The van der Waals surface area contributed by atoms with Gasteiger partial charge in [0.05, 0.1) is 15.5 Å². The first-order valence-corrected chi connectivity index (χ1v) is 9.76. The molecule has 3 rings (SSSR count). The summed E-state index contributed by atoms with van der Waals surface area (Å²) in [5.74, 6) is -0.434. The smallest absolute Gasteiger partial charge is 0.253 e. The van der Waals surface area contributed by atoms with E-state index in [2.05, 4.69) is 10.0 Å². The maximum absolute atomic E-state index is 12.5. The number of hydrogen-bond donors (Lipinski definition) is 2. The van der Waals surface area contributed by atoms with Crippen molar-refractivity contribution < 1.29 is 13.2 Å². The molecule has 2 N–H and O–H groups in total. The fourth-order valence-electron chi connectivity index (χ4n) is 2.59. The summed E-state index contributed by atoms with van der Waals surface area (Å²) >= 11 is 6.07. The van der Waals surface area contributed by atoms with Crippen LogP contribution in [0.3, 0.4) is 0 Å². The van der Waals surface area contributed by atoms with Crippen molar-refractivity contribution in [1.82, 2.24) is 10.0 Å². The molecule has 0 unspecified atom stereocenters. The number of carbonyl (C=O) groups excluding carboxylic acids is 1. The molecule has 3 aromatic carbocycles. The molecule has 0 aliphatic rings. The van der Waals surface area contributed by atoms with Crippen molar-refractivity contribution in [3.8, 4) is 0 Å². The van der Waals surface area contributed by atoms with Gasteiger partial charge in [-0.1, -0.05) is 48.0 Å². The maximum atomic E-state index is 12.5. The number of carbonyl (C=O) groups is 1. The number of rotatable bonds is 5. The Morgan fingerprint density at radius 3 is 2.46 bits per heavy atom. The van der Waals surface area contributed by atoms with Crippen LogP contribution >= 0.6 is 11.6 Å². The Hall–Kier alpha value is -2.41. The van der Waals surface area contributed by atoms with Crippen LogP contribution in [0.15, 0.2) is 65.6 Å². The van der Waals surface area contributed by atoms with Crippen LogP contribution in [0.4, 0.5) is 0 Å². The first kappa shape index (κ1) is 18.4. The third-order valence-electron chi connectivity index (χ3n) is 4.03. The summed E-state index contributed by atoms with van der Waals surface area (Å²) < 4.78 is 26.0. The van der Waals surface area contributed by atoms with Crippen molar-refractivity contribution in [2.75, 3.05) is 7.05 Å². The Bertz CT molecular complexity index is 1080. The van der Waals surface area contributed by atoms with Crippen LogP contribution < -0.4 is 10.0 Å². The minimum Gasteiger partial charge on any atom is -0.348 e. The lowest BCUT2D eigenvalue weighted by atomic mass is 10.1. The Morgan fingerprint density at radius 2 is 1.73 bits per heavy atom. The summed E-state index contributed by atoms with van der Waals surface area (Å²) in [6.07, 6.45) is 0. The largest absolute Gasteiger partial charge is 0.348 e. The predicted molar refractivity (Wildman–Crippen MR) is 103 cm³/mol. The summed E-state index contributed by atoms with van der Waals surface area (Å²) in [6.45, 7) is 0.309. The Kier molecular flexibility index (Phi) is 5.27. The normalized spacial score (nSPS) is 11.5. The van der Waals surface area contributed by atoms with Crippen LogP contribution in [-0.2, 0) is 16.6 Å².